The Labute approximate surface area is 127 Å². The first-order valence-corrected chi connectivity index (χ1v) is 7.16. The van der Waals surface area contributed by atoms with Gasteiger partial charge < -0.3 is 15.4 Å². The number of nitrogens with zero attached hydrogens (tertiary/aromatic N) is 1. The maximum Gasteiger partial charge on any atom is 0.270 e. The molecule has 0 bridgehead atoms. The van der Waals surface area contributed by atoms with Crippen molar-refractivity contribution in [2.45, 2.75) is 12.1 Å². The van der Waals surface area contributed by atoms with Gasteiger partial charge in [0.2, 0.25) is 0 Å². The van der Waals surface area contributed by atoms with Crippen LogP contribution in [0.2, 0.25) is 5.02 Å². The van der Waals surface area contributed by atoms with Crippen LogP contribution in [0.25, 0.3) is 10.9 Å². The van der Waals surface area contributed by atoms with Crippen LogP contribution in [-0.4, -0.2) is 43.2 Å². The minimum Gasteiger partial charge on any atom is -0.378 e. The van der Waals surface area contributed by atoms with Gasteiger partial charge in [0.05, 0.1) is 17.7 Å². The molecule has 0 saturated carbocycles. The van der Waals surface area contributed by atoms with Crippen molar-refractivity contribution in [3.05, 3.63) is 41.0 Å². The molecule has 0 spiro atoms. The Kier molecular flexibility index (Phi) is 4.05. The summed E-state index contributed by atoms with van der Waals surface area (Å²) in [5, 5.41) is 7.70. The van der Waals surface area contributed by atoms with Gasteiger partial charge >= 0.3 is 0 Å². The van der Waals surface area contributed by atoms with Crippen LogP contribution < -0.4 is 10.6 Å². The fraction of sp³-hybridized carbons (Fsp3) is 0.333. The fourth-order valence-corrected chi connectivity index (χ4v) is 2.67. The molecule has 2 N–H and O–H groups in total. The van der Waals surface area contributed by atoms with Gasteiger partial charge in [0, 0.05) is 30.6 Å². The van der Waals surface area contributed by atoms with Crippen LogP contribution in [0, 0.1) is 0 Å². The zero-order valence-corrected chi connectivity index (χ0v) is 12.4. The van der Waals surface area contributed by atoms with E-state index in [2.05, 4.69) is 15.6 Å². The van der Waals surface area contributed by atoms with Crippen molar-refractivity contribution < 1.29 is 9.53 Å². The van der Waals surface area contributed by atoms with Gasteiger partial charge in [-0.25, -0.2) is 4.98 Å². The summed E-state index contributed by atoms with van der Waals surface area (Å²) in [4.78, 5) is 16.7. The summed E-state index contributed by atoms with van der Waals surface area (Å²) in [7, 11) is 1.65. The maximum atomic E-state index is 12.3. The Balaban J connectivity index is 1.81. The first kappa shape index (κ1) is 14.3. The molecule has 1 saturated heterocycles. The summed E-state index contributed by atoms with van der Waals surface area (Å²) in [6.45, 7) is 1.44. The summed E-state index contributed by atoms with van der Waals surface area (Å²) in [6, 6.07) is 8.99. The molecule has 2 unspecified atom stereocenters. The lowest BCUT2D eigenvalue weighted by Gasteiger charge is -2.18. The highest BCUT2D eigenvalue weighted by atomic mass is 35.5. The number of rotatable bonds is 3. The second-order valence-corrected chi connectivity index (χ2v) is 5.48. The van der Waals surface area contributed by atoms with Gasteiger partial charge in [-0.15, -0.1) is 0 Å². The van der Waals surface area contributed by atoms with E-state index in [1.165, 1.54) is 0 Å². The predicted molar refractivity (Wildman–Crippen MR) is 81.7 cm³/mol. The van der Waals surface area contributed by atoms with E-state index in [0.717, 1.165) is 11.9 Å². The molecular formula is C15H16ClN3O2. The fourth-order valence-electron chi connectivity index (χ4n) is 2.51. The molecule has 1 aliphatic rings. The first-order valence-electron chi connectivity index (χ1n) is 6.78. The Morgan fingerprint density at radius 3 is 3.00 bits per heavy atom. The number of ether oxygens (including phenoxy) is 1. The smallest absolute Gasteiger partial charge is 0.270 e. The zero-order valence-electron chi connectivity index (χ0n) is 11.6. The molecule has 1 aromatic heterocycles. The van der Waals surface area contributed by atoms with Gasteiger partial charge in [0.25, 0.3) is 5.91 Å². The minimum atomic E-state index is -0.201. The molecule has 1 aliphatic heterocycles. The van der Waals surface area contributed by atoms with Gasteiger partial charge in [-0.2, -0.15) is 0 Å². The van der Waals surface area contributed by atoms with Crippen molar-refractivity contribution >= 4 is 28.4 Å². The molecule has 3 rings (SSSR count). The molecule has 110 valence electrons. The maximum absolute atomic E-state index is 12.3. The molecule has 1 fully saturated rings. The van der Waals surface area contributed by atoms with Gasteiger partial charge in [0.1, 0.15) is 5.69 Å². The first-order chi connectivity index (χ1) is 10.2. The van der Waals surface area contributed by atoms with Crippen LogP contribution >= 0.6 is 11.6 Å². The Bertz CT molecular complexity index is 677. The van der Waals surface area contributed by atoms with Crippen molar-refractivity contribution in [2.75, 3.05) is 20.2 Å². The van der Waals surface area contributed by atoms with E-state index in [1.807, 2.05) is 12.1 Å². The summed E-state index contributed by atoms with van der Waals surface area (Å²) < 4.78 is 5.33. The molecule has 0 radical (unpaired) electrons. The number of halogens is 1. The van der Waals surface area contributed by atoms with Crippen molar-refractivity contribution in [1.29, 1.82) is 0 Å². The molecule has 21 heavy (non-hydrogen) atoms. The summed E-state index contributed by atoms with van der Waals surface area (Å²) in [5.41, 5.74) is 1.09. The number of carbonyl (C=O) groups is 1. The second-order valence-electron chi connectivity index (χ2n) is 5.05. The average Bonchev–Trinajstić information content (AvgIpc) is 2.93. The summed E-state index contributed by atoms with van der Waals surface area (Å²) in [6.07, 6.45) is -0.0103. The second kappa shape index (κ2) is 5.97. The highest BCUT2D eigenvalue weighted by molar-refractivity contribution is 6.31. The average molecular weight is 306 g/mol. The zero-order chi connectivity index (χ0) is 14.8. The van der Waals surface area contributed by atoms with E-state index in [1.54, 1.807) is 25.3 Å². The largest absolute Gasteiger partial charge is 0.378 e. The molecule has 0 aliphatic carbocycles. The van der Waals surface area contributed by atoms with Crippen LogP contribution in [-0.2, 0) is 4.74 Å². The minimum absolute atomic E-state index is 0.0103. The van der Waals surface area contributed by atoms with Gasteiger partial charge in [-0.05, 0) is 18.2 Å². The predicted octanol–water partition coefficient (Wildman–Crippen LogP) is 1.60. The summed E-state index contributed by atoms with van der Waals surface area (Å²) in [5.74, 6) is -0.201. The van der Waals surface area contributed by atoms with Gasteiger partial charge in [-0.1, -0.05) is 23.7 Å². The van der Waals surface area contributed by atoms with Crippen LogP contribution in [0.5, 0.6) is 0 Å². The van der Waals surface area contributed by atoms with Crippen molar-refractivity contribution in [3.8, 4) is 0 Å². The number of benzene rings is 1. The molecular weight excluding hydrogens is 290 g/mol. The quantitative estimate of drug-likeness (QED) is 0.904. The molecule has 6 heteroatoms. The lowest BCUT2D eigenvalue weighted by Crippen LogP contribution is -2.43. The van der Waals surface area contributed by atoms with Gasteiger partial charge in [-0.3, -0.25) is 4.79 Å². The lowest BCUT2D eigenvalue weighted by molar-refractivity contribution is 0.0776. The third-order valence-corrected chi connectivity index (χ3v) is 3.90. The topological polar surface area (TPSA) is 63.2 Å². The van der Waals surface area contributed by atoms with E-state index < -0.39 is 0 Å². The number of methoxy groups -OCH3 is 1. The molecule has 2 aromatic rings. The number of amides is 1. The molecule has 1 amide bonds. The van der Waals surface area contributed by atoms with E-state index in [-0.39, 0.29) is 18.1 Å². The summed E-state index contributed by atoms with van der Waals surface area (Å²) >= 11 is 5.96. The van der Waals surface area contributed by atoms with Gasteiger partial charge in [0.15, 0.2) is 0 Å². The number of hydrogen-bond acceptors (Lipinski definition) is 4. The van der Waals surface area contributed by atoms with Crippen LogP contribution in [0.15, 0.2) is 30.3 Å². The Morgan fingerprint density at radius 2 is 2.19 bits per heavy atom. The molecule has 1 aromatic carbocycles. The third-order valence-electron chi connectivity index (χ3n) is 3.66. The Morgan fingerprint density at radius 1 is 1.38 bits per heavy atom. The SMILES string of the molecule is COC1CNCC1NC(=O)c1ccc2ccc(Cl)cc2n1. The van der Waals surface area contributed by atoms with E-state index in [4.69, 9.17) is 16.3 Å². The third kappa shape index (κ3) is 3.00. The Hall–Kier alpha value is -1.69. The van der Waals surface area contributed by atoms with E-state index >= 15 is 0 Å². The van der Waals surface area contributed by atoms with Crippen LogP contribution in [0.1, 0.15) is 10.5 Å². The highest BCUT2D eigenvalue weighted by Crippen LogP contribution is 2.18. The van der Waals surface area contributed by atoms with Crippen molar-refractivity contribution in [1.82, 2.24) is 15.6 Å². The monoisotopic (exact) mass is 305 g/mol. The van der Waals surface area contributed by atoms with E-state index in [0.29, 0.717) is 22.8 Å². The lowest BCUT2D eigenvalue weighted by atomic mass is 10.1. The standard InChI is InChI=1S/C15H16ClN3O2/c1-21-14-8-17-7-13(14)19-15(20)11-5-3-9-2-4-10(16)6-12(9)18-11/h2-6,13-14,17H,7-8H2,1H3,(H,19,20). The number of hydrogen-bond donors (Lipinski definition) is 2. The number of pyridine rings is 1. The number of carbonyl (C=O) groups excluding carboxylic acids is 1. The number of fused-ring (bicyclic) bond motifs is 1. The molecule has 2 atom stereocenters. The number of nitrogens with one attached hydrogen (secondary N) is 2. The highest BCUT2D eigenvalue weighted by Gasteiger charge is 2.28. The number of aromatic nitrogens is 1. The molecule has 2 heterocycles. The van der Waals surface area contributed by atoms with Crippen LogP contribution in [0.3, 0.4) is 0 Å². The van der Waals surface area contributed by atoms with E-state index in [9.17, 15) is 4.79 Å². The van der Waals surface area contributed by atoms with Crippen molar-refractivity contribution in [3.63, 3.8) is 0 Å². The van der Waals surface area contributed by atoms with Crippen molar-refractivity contribution in [2.24, 2.45) is 0 Å². The van der Waals surface area contributed by atoms with Crippen LogP contribution in [0.4, 0.5) is 0 Å². The normalized spacial score (nSPS) is 21.6. The molecule has 5 nitrogen and oxygen atoms in total.